The molecule has 116 valence electrons. The van der Waals surface area contributed by atoms with Crippen LogP contribution < -0.4 is 9.47 Å². The molecule has 0 bridgehead atoms. The lowest BCUT2D eigenvalue weighted by molar-refractivity contribution is 0.0638. The Morgan fingerprint density at radius 3 is 2.77 bits per heavy atom. The number of hydrogen-bond acceptors (Lipinski definition) is 4. The quantitative estimate of drug-likeness (QED) is 0.938. The Bertz CT molecular complexity index is 662. The Morgan fingerprint density at radius 1 is 1.18 bits per heavy atom. The van der Waals surface area contributed by atoms with Crippen LogP contribution in [0.1, 0.15) is 5.56 Å². The van der Waals surface area contributed by atoms with E-state index in [2.05, 4.69) is 4.90 Å². The van der Waals surface area contributed by atoms with Gasteiger partial charge in [-0.05, 0) is 30.8 Å². The topological polar surface area (TPSA) is 41.9 Å². The third-order valence-electron chi connectivity index (χ3n) is 3.58. The number of hydrogen-bond donors (Lipinski definition) is 1. The van der Waals surface area contributed by atoms with Gasteiger partial charge in [-0.3, -0.25) is 4.90 Å². The lowest BCUT2D eigenvalue weighted by Crippen LogP contribution is -2.39. The molecule has 22 heavy (non-hydrogen) atoms. The summed E-state index contributed by atoms with van der Waals surface area (Å²) in [4.78, 5) is 2.10. The molecule has 1 atom stereocenters. The zero-order valence-corrected chi connectivity index (χ0v) is 13.1. The highest BCUT2D eigenvalue weighted by atomic mass is 35.5. The van der Waals surface area contributed by atoms with E-state index in [-0.39, 0.29) is 11.9 Å². The Balaban J connectivity index is 1.61. The van der Waals surface area contributed by atoms with Crippen molar-refractivity contribution in [2.24, 2.45) is 0 Å². The maximum atomic E-state index is 9.65. The van der Waals surface area contributed by atoms with Crippen LogP contribution in [0.3, 0.4) is 0 Å². The summed E-state index contributed by atoms with van der Waals surface area (Å²) in [5.41, 5.74) is 0.890. The lowest BCUT2D eigenvalue weighted by Gasteiger charge is -2.29. The number of likely N-dealkylation sites (N-methyl/N-ethyl adjacent to an activating group) is 1. The third kappa shape index (κ3) is 3.29. The fourth-order valence-electron chi connectivity index (χ4n) is 2.54. The van der Waals surface area contributed by atoms with Gasteiger partial charge in [0.15, 0.2) is 11.5 Å². The summed E-state index contributed by atoms with van der Waals surface area (Å²) in [7, 11) is 1.99. The number of phenolic OH excluding ortho intramolecular Hbond substituents is 1. The molecule has 0 saturated carbocycles. The van der Waals surface area contributed by atoms with Crippen molar-refractivity contribution in [2.45, 2.75) is 12.6 Å². The van der Waals surface area contributed by atoms with Crippen molar-refractivity contribution in [3.63, 3.8) is 0 Å². The molecule has 0 aliphatic carbocycles. The van der Waals surface area contributed by atoms with Crippen molar-refractivity contribution in [2.75, 3.05) is 20.2 Å². The van der Waals surface area contributed by atoms with Crippen molar-refractivity contribution in [3.05, 3.63) is 53.1 Å². The normalized spacial score (nSPS) is 16.8. The minimum atomic E-state index is -0.0315. The Labute approximate surface area is 134 Å². The van der Waals surface area contributed by atoms with Gasteiger partial charge in [0.25, 0.3) is 0 Å². The van der Waals surface area contributed by atoms with Crippen molar-refractivity contribution in [3.8, 4) is 17.2 Å². The number of halogens is 1. The van der Waals surface area contributed by atoms with E-state index in [1.165, 1.54) is 0 Å². The SMILES string of the molecule is CN(Cc1cccc(O)c1Cl)CC1COc2ccccc2O1. The molecule has 1 aliphatic heterocycles. The zero-order chi connectivity index (χ0) is 15.5. The number of rotatable bonds is 4. The van der Waals surface area contributed by atoms with Crippen LogP contribution in [0.2, 0.25) is 5.02 Å². The molecule has 0 amide bonds. The molecule has 2 aromatic rings. The summed E-state index contributed by atoms with van der Waals surface area (Å²) in [6.45, 7) is 1.87. The van der Waals surface area contributed by atoms with Gasteiger partial charge in [-0.15, -0.1) is 0 Å². The molecule has 1 unspecified atom stereocenters. The molecular weight excluding hydrogens is 302 g/mol. The van der Waals surface area contributed by atoms with E-state index in [0.29, 0.717) is 24.7 Å². The molecule has 0 saturated heterocycles. The molecule has 0 radical (unpaired) electrons. The molecule has 1 N–H and O–H groups in total. The number of aromatic hydroxyl groups is 1. The predicted molar refractivity (Wildman–Crippen MR) is 85.8 cm³/mol. The fraction of sp³-hybridized carbons (Fsp3) is 0.294. The van der Waals surface area contributed by atoms with Crippen LogP contribution in [0.4, 0.5) is 0 Å². The van der Waals surface area contributed by atoms with Gasteiger partial charge in [-0.1, -0.05) is 35.9 Å². The monoisotopic (exact) mass is 319 g/mol. The molecule has 1 heterocycles. The number of para-hydroxylation sites is 2. The van der Waals surface area contributed by atoms with Crippen molar-refractivity contribution >= 4 is 11.6 Å². The lowest BCUT2D eigenvalue weighted by atomic mass is 10.2. The number of nitrogens with zero attached hydrogens (tertiary/aromatic N) is 1. The van der Waals surface area contributed by atoms with Crippen molar-refractivity contribution in [1.82, 2.24) is 4.90 Å². The second-order valence-corrected chi connectivity index (χ2v) is 5.82. The van der Waals surface area contributed by atoms with Gasteiger partial charge in [0.1, 0.15) is 18.5 Å². The van der Waals surface area contributed by atoms with E-state index in [1.807, 2.05) is 37.4 Å². The maximum absolute atomic E-state index is 9.65. The van der Waals surface area contributed by atoms with Gasteiger partial charge in [0.2, 0.25) is 0 Å². The zero-order valence-electron chi connectivity index (χ0n) is 12.3. The van der Waals surface area contributed by atoms with E-state index in [4.69, 9.17) is 21.1 Å². The average molecular weight is 320 g/mol. The second kappa shape index (κ2) is 6.46. The van der Waals surface area contributed by atoms with E-state index < -0.39 is 0 Å². The van der Waals surface area contributed by atoms with Crippen LogP contribution in [-0.4, -0.2) is 36.3 Å². The van der Waals surface area contributed by atoms with Crippen molar-refractivity contribution in [1.29, 1.82) is 0 Å². The van der Waals surface area contributed by atoms with E-state index >= 15 is 0 Å². The molecule has 0 fully saturated rings. The molecule has 3 rings (SSSR count). The first-order valence-electron chi connectivity index (χ1n) is 7.17. The highest BCUT2D eigenvalue weighted by molar-refractivity contribution is 6.32. The van der Waals surface area contributed by atoms with Gasteiger partial charge < -0.3 is 14.6 Å². The standard InChI is InChI=1S/C17H18ClNO3/c1-19(9-12-5-4-6-14(20)17(12)18)10-13-11-21-15-7-2-3-8-16(15)22-13/h2-8,13,20H,9-11H2,1H3. The minimum Gasteiger partial charge on any atom is -0.506 e. The Kier molecular flexibility index (Phi) is 4.41. The molecular formula is C17H18ClNO3. The second-order valence-electron chi connectivity index (χ2n) is 5.44. The van der Waals surface area contributed by atoms with Gasteiger partial charge in [0.05, 0.1) is 5.02 Å². The highest BCUT2D eigenvalue weighted by Gasteiger charge is 2.22. The summed E-state index contributed by atoms with van der Waals surface area (Å²) in [6, 6.07) is 13.0. The smallest absolute Gasteiger partial charge is 0.161 e. The molecule has 5 heteroatoms. The van der Waals surface area contributed by atoms with Crippen LogP contribution in [0.25, 0.3) is 0 Å². The maximum Gasteiger partial charge on any atom is 0.161 e. The van der Waals surface area contributed by atoms with Crippen LogP contribution >= 0.6 is 11.6 Å². The van der Waals surface area contributed by atoms with E-state index in [1.54, 1.807) is 12.1 Å². The summed E-state index contributed by atoms with van der Waals surface area (Å²) in [5, 5.41) is 10.1. The van der Waals surface area contributed by atoms with E-state index in [0.717, 1.165) is 17.1 Å². The third-order valence-corrected chi connectivity index (χ3v) is 4.02. The van der Waals surface area contributed by atoms with Gasteiger partial charge in [-0.25, -0.2) is 0 Å². The van der Waals surface area contributed by atoms with Crippen molar-refractivity contribution < 1.29 is 14.6 Å². The highest BCUT2D eigenvalue weighted by Crippen LogP contribution is 2.31. The summed E-state index contributed by atoms with van der Waals surface area (Å²) < 4.78 is 11.7. The first-order valence-corrected chi connectivity index (χ1v) is 7.54. The number of phenols is 1. The molecule has 1 aliphatic rings. The van der Waals surface area contributed by atoms with E-state index in [9.17, 15) is 5.11 Å². The number of benzene rings is 2. The molecule has 2 aromatic carbocycles. The fourth-order valence-corrected chi connectivity index (χ4v) is 2.73. The first kappa shape index (κ1) is 15.0. The average Bonchev–Trinajstić information content (AvgIpc) is 2.52. The predicted octanol–water partition coefficient (Wildman–Crippen LogP) is 3.32. The summed E-state index contributed by atoms with van der Waals surface area (Å²) in [5.74, 6) is 1.68. The van der Waals surface area contributed by atoms with Crippen LogP contribution in [0.5, 0.6) is 17.2 Å². The summed E-state index contributed by atoms with van der Waals surface area (Å²) in [6.07, 6.45) is -0.0315. The van der Waals surface area contributed by atoms with Crippen LogP contribution in [0.15, 0.2) is 42.5 Å². The first-order chi connectivity index (χ1) is 10.6. The van der Waals surface area contributed by atoms with Gasteiger partial charge in [-0.2, -0.15) is 0 Å². The summed E-state index contributed by atoms with van der Waals surface area (Å²) >= 11 is 6.11. The van der Waals surface area contributed by atoms with Crippen LogP contribution in [-0.2, 0) is 6.54 Å². The number of fused-ring (bicyclic) bond motifs is 1. The molecule has 4 nitrogen and oxygen atoms in total. The molecule has 0 aromatic heterocycles. The van der Waals surface area contributed by atoms with Crippen LogP contribution in [0, 0.1) is 0 Å². The van der Waals surface area contributed by atoms with Gasteiger partial charge in [0, 0.05) is 13.1 Å². The minimum absolute atomic E-state index is 0.0315. The number of ether oxygens (including phenoxy) is 2. The Morgan fingerprint density at radius 2 is 1.95 bits per heavy atom. The molecule has 0 spiro atoms. The largest absolute Gasteiger partial charge is 0.506 e. The Hall–Kier alpha value is -1.91. The van der Waals surface area contributed by atoms with Gasteiger partial charge >= 0.3 is 0 Å².